The van der Waals surface area contributed by atoms with Crippen LogP contribution >= 0.6 is 0 Å². The van der Waals surface area contributed by atoms with Crippen LogP contribution < -0.4 is 10.6 Å². The Bertz CT molecular complexity index is 493. The van der Waals surface area contributed by atoms with E-state index in [1.165, 1.54) is 5.56 Å². The predicted octanol–water partition coefficient (Wildman–Crippen LogP) is 2.73. The van der Waals surface area contributed by atoms with E-state index in [1.54, 1.807) is 7.11 Å². The molecule has 1 heterocycles. The number of methoxy groups -OCH3 is 1. The molecule has 2 amide bonds. The normalized spacial score (nSPS) is 18.1. The number of hydrogen-bond acceptors (Lipinski definition) is 3. The highest BCUT2D eigenvalue weighted by Crippen LogP contribution is 2.16. The lowest BCUT2D eigenvalue weighted by molar-refractivity contribution is 0.178. The molecule has 1 aromatic carbocycles. The van der Waals surface area contributed by atoms with Crippen LogP contribution in [0.3, 0.4) is 0 Å². The number of carbonyl (C=O) groups excluding carboxylic acids is 1. The molecule has 0 aliphatic carbocycles. The number of hydrogen-bond donors (Lipinski definition) is 2. The molecule has 0 unspecified atom stereocenters. The van der Waals surface area contributed by atoms with Gasteiger partial charge in [-0.05, 0) is 49.4 Å². The van der Waals surface area contributed by atoms with Crippen LogP contribution in [-0.4, -0.2) is 50.8 Å². The first-order valence-corrected chi connectivity index (χ1v) is 8.56. The molecule has 5 nitrogen and oxygen atoms in total. The predicted molar refractivity (Wildman–Crippen MR) is 93.9 cm³/mol. The van der Waals surface area contributed by atoms with E-state index in [0.29, 0.717) is 5.92 Å². The molecule has 1 aliphatic heterocycles. The molecular formula is C18H29N3O2. The van der Waals surface area contributed by atoms with E-state index in [9.17, 15) is 4.79 Å². The maximum atomic E-state index is 12.0. The highest BCUT2D eigenvalue weighted by Gasteiger charge is 2.22. The average Bonchev–Trinajstić information content (AvgIpc) is 3.01. The lowest BCUT2D eigenvalue weighted by Gasteiger charge is -2.16. The van der Waals surface area contributed by atoms with Crippen molar-refractivity contribution in [2.45, 2.75) is 26.2 Å². The molecule has 1 fully saturated rings. The molecule has 2 rings (SSSR count). The summed E-state index contributed by atoms with van der Waals surface area (Å²) in [6, 6.07) is 7.87. The average molecular weight is 319 g/mol. The maximum Gasteiger partial charge on any atom is 0.319 e. The number of aryl methyl sites for hydroxylation is 1. The smallest absolute Gasteiger partial charge is 0.319 e. The minimum atomic E-state index is -0.115. The van der Waals surface area contributed by atoms with Crippen LogP contribution in [0.5, 0.6) is 0 Å². The Morgan fingerprint density at radius 2 is 2.30 bits per heavy atom. The number of amides is 2. The van der Waals surface area contributed by atoms with E-state index >= 15 is 0 Å². The van der Waals surface area contributed by atoms with E-state index in [1.807, 2.05) is 18.2 Å². The van der Waals surface area contributed by atoms with Crippen molar-refractivity contribution in [3.63, 3.8) is 0 Å². The van der Waals surface area contributed by atoms with Gasteiger partial charge in [0.1, 0.15) is 0 Å². The van der Waals surface area contributed by atoms with Crippen molar-refractivity contribution in [3.8, 4) is 0 Å². The molecule has 0 bridgehead atoms. The lowest BCUT2D eigenvalue weighted by atomic mass is 10.1. The number of urea groups is 1. The van der Waals surface area contributed by atoms with Crippen LogP contribution in [0.25, 0.3) is 0 Å². The van der Waals surface area contributed by atoms with Gasteiger partial charge in [-0.25, -0.2) is 4.79 Å². The first-order chi connectivity index (χ1) is 11.2. The second-order valence-corrected chi connectivity index (χ2v) is 6.19. The molecule has 1 saturated heterocycles. The monoisotopic (exact) mass is 319 g/mol. The lowest BCUT2D eigenvalue weighted by Crippen LogP contribution is -2.34. The minimum absolute atomic E-state index is 0.115. The van der Waals surface area contributed by atoms with Crippen LogP contribution in [0.15, 0.2) is 24.3 Å². The summed E-state index contributed by atoms with van der Waals surface area (Å²) in [5.74, 6) is 0.547. The van der Waals surface area contributed by atoms with E-state index < -0.39 is 0 Å². The molecule has 23 heavy (non-hydrogen) atoms. The van der Waals surface area contributed by atoms with Crippen molar-refractivity contribution in [2.24, 2.45) is 5.92 Å². The topological polar surface area (TPSA) is 53.6 Å². The number of likely N-dealkylation sites (tertiary alicyclic amines) is 1. The van der Waals surface area contributed by atoms with Gasteiger partial charge in [0, 0.05) is 39.0 Å². The number of nitrogens with one attached hydrogen (secondary N) is 2. The fourth-order valence-electron chi connectivity index (χ4n) is 3.00. The molecule has 0 spiro atoms. The summed E-state index contributed by atoms with van der Waals surface area (Å²) in [5.41, 5.74) is 2.08. The zero-order chi connectivity index (χ0) is 16.5. The van der Waals surface area contributed by atoms with Gasteiger partial charge in [-0.2, -0.15) is 0 Å². The van der Waals surface area contributed by atoms with Crippen molar-refractivity contribution in [1.29, 1.82) is 0 Å². The molecule has 1 aromatic rings. The molecule has 1 aliphatic rings. The minimum Gasteiger partial charge on any atom is -0.385 e. The van der Waals surface area contributed by atoms with Gasteiger partial charge >= 0.3 is 6.03 Å². The van der Waals surface area contributed by atoms with Gasteiger partial charge in [0.25, 0.3) is 0 Å². The van der Waals surface area contributed by atoms with E-state index in [2.05, 4.69) is 28.5 Å². The van der Waals surface area contributed by atoms with Gasteiger partial charge in [0.05, 0.1) is 0 Å². The molecule has 128 valence electrons. The van der Waals surface area contributed by atoms with Gasteiger partial charge < -0.3 is 20.3 Å². The highest BCUT2D eigenvalue weighted by atomic mass is 16.5. The van der Waals surface area contributed by atoms with Crippen LogP contribution in [-0.2, 0) is 11.2 Å². The van der Waals surface area contributed by atoms with Crippen LogP contribution in [0, 0.1) is 5.92 Å². The summed E-state index contributed by atoms with van der Waals surface area (Å²) in [5, 5.41) is 5.91. The molecule has 2 N–H and O–H groups in total. The van der Waals surface area contributed by atoms with Gasteiger partial charge in [-0.1, -0.05) is 19.1 Å². The number of anilines is 1. The van der Waals surface area contributed by atoms with E-state index in [0.717, 1.165) is 57.7 Å². The van der Waals surface area contributed by atoms with Crippen molar-refractivity contribution in [1.82, 2.24) is 10.2 Å². The molecule has 0 radical (unpaired) electrons. The summed E-state index contributed by atoms with van der Waals surface area (Å²) in [4.78, 5) is 14.5. The Labute approximate surface area is 139 Å². The Balaban J connectivity index is 1.66. The standard InChI is InChI=1S/C18H29N3O2/c1-3-15-6-4-7-17(12-15)20-18(22)19-13-16-8-10-21(14-16)9-5-11-23-2/h4,6-7,12,16H,3,5,8-11,13-14H2,1-2H3,(H2,19,20,22)/t16-/m0/s1. The SMILES string of the molecule is CCc1cccc(NC(=O)NC[C@@H]2CCN(CCCOC)C2)c1. The number of nitrogens with zero attached hydrogens (tertiary/aromatic N) is 1. The molecule has 0 aromatic heterocycles. The van der Waals surface area contributed by atoms with Crippen molar-refractivity contribution in [2.75, 3.05) is 45.2 Å². The van der Waals surface area contributed by atoms with Gasteiger partial charge in [0.15, 0.2) is 0 Å². The van der Waals surface area contributed by atoms with Gasteiger partial charge in [0.2, 0.25) is 0 Å². The van der Waals surface area contributed by atoms with Crippen LogP contribution in [0.4, 0.5) is 10.5 Å². The number of rotatable bonds is 8. The first-order valence-electron chi connectivity index (χ1n) is 8.56. The zero-order valence-corrected chi connectivity index (χ0v) is 14.3. The maximum absolute atomic E-state index is 12.0. The molecule has 0 saturated carbocycles. The number of benzene rings is 1. The van der Waals surface area contributed by atoms with Crippen molar-refractivity contribution < 1.29 is 9.53 Å². The van der Waals surface area contributed by atoms with Gasteiger partial charge in [-0.15, -0.1) is 0 Å². The summed E-state index contributed by atoms with van der Waals surface area (Å²) in [6.07, 6.45) is 3.20. The Morgan fingerprint density at radius 1 is 1.43 bits per heavy atom. The van der Waals surface area contributed by atoms with Gasteiger partial charge in [-0.3, -0.25) is 0 Å². The Hall–Kier alpha value is -1.59. The summed E-state index contributed by atoms with van der Waals surface area (Å²) in [7, 11) is 1.74. The quantitative estimate of drug-likeness (QED) is 0.725. The third-order valence-electron chi connectivity index (χ3n) is 4.34. The number of ether oxygens (including phenoxy) is 1. The Morgan fingerprint density at radius 3 is 3.09 bits per heavy atom. The van der Waals surface area contributed by atoms with E-state index in [4.69, 9.17) is 4.74 Å². The molecule has 1 atom stereocenters. The first kappa shape index (κ1) is 17.8. The third kappa shape index (κ3) is 6.20. The zero-order valence-electron chi connectivity index (χ0n) is 14.3. The fraction of sp³-hybridized carbons (Fsp3) is 0.611. The summed E-state index contributed by atoms with van der Waals surface area (Å²) in [6.45, 7) is 6.93. The van der Waals surface area contributed by atoms with Crippen LogP contribution in [0.2, 0.25) is 0 Å². The fourth-order valence-corrected chi connectivity index (χ4v) is 3.00. The second-order valence-electron chi connectivity index (χ2n) is 6.19. The summed E-state index contributed by atoms with van der Waals surface area (Å²) >= 11 is 0. The number of carbonyl (C=O) groups is 1. The van der Waals surface area contributed by atoms with Crippen LogP contribution in [0.1, 0.15) is 25.3 Å². The highest BCUT2D eigenvalue weighted by molar-refractivity contribution is 5.89. The largest absolute Gasteiger partial charge is 0.385 e. The van der Waals surface area contributed by atoms with Crippen molar-refractivity contribution in [3.05, 3.63) is 29.8 Å². The van der Waals surface area contributed by atoms with Crippen molar-refractivity contribution >= 4 is 11.7 Å². The second kappa shape index (κ2) is 9.53. The third-order valence-corrected chi connectivity index (χ3v) is 4.34. The molecule has 5 heteroatoms. The summed E-state index contributed by atoms with van der Waals surface area (Å²) < 4.78 is 5.09. The Kier molecular flexibility index (Phi) is 7.36. The van der Waals surface area contributed by atoms with E-state index in [-0.39, 0.29) is 6.03 Å². The molecular weight excluding hydrogens is 290 g/mol.